The van der Waals surface area contributed by atoms with Gasteiger partial charge in [-0.05, 0) is 62.7 Å². The lowest BCUT2D eigenvalue weighted by Crippen LogP contribution is -2.36. The standard InChI is InChI=1S/C22H21FN4OS/c1-14(20-25-26-21(28-20)15-8-10-17(23)11-9-15)27-12-4-5-16(13-27)22-24-18-6-2-3-7-19(18)29-22/h2-3,6-11,14,16H,4-5,12-13H2,1H3/t14-,16+/m1/s1. The van der Waals surface area contributed by atoms with E-state index in [-0.39, 0.29) is 11.9 Å². The van der Waals surface area contributed by atoms with E-state index in [0.717, 1.165) is 37.0 Å². The van der Waals surface area contributed by atoms with Crippen molar-refractivity contribution in [2.45, 2.75) is 31.7 Å². The fourth-order valence-corrected chi connectivity index (χ4v) is 4.99. The molecule has 29 heavy (non-hydrogen) atoms. The lowest BCUT2D eigenvalue weighted by Gasteiger charge is -2.34. The molecular weight excluding hydrogens is 387 g/mol. The molecule has 0 spiro atoms. The van der Waals surface area contributed by atoms with Gasteiger partial charge in [-0.25, -0.2) is 9.37 Å². The van der Waals surface area contributed by atoms with Crippen LogP contribution in [0.25, 0.3) is 21.7 Å². The van der Waals surface area contributed by atoms with Crippen molar-refractivity contribution in [3.8, 4) is 11.5 Å². The topological polar surface area (TPSA) is 55.1 Å². The van der Waals surface area contributed by atoms with Crippen molar-refractivity contribution in [1.29, 1.82) is 0 Å². The Balaban J connectivity index is 1.33. The fourth-order valence-electron chi connectivity index (χ4n) is 3.89. The lowest BCUT2D eigenvalue weighted by molar-refractivity contribution is 0.139. The van der Waals surface area contributed by atoms with Gasteiger partial charge in [0.05, 0.1) is 21.3 Å². The predicted molar refractivity (Wildman–Crippen MR) is 111 cm³/mol. The van der Waals surface area contributed by atoms with Gasteiger partial charge in [0.25, 0.3) is 0 Å². The molecule has 0 N–H and O–H groups in total. The molecule has 1 aliphatic heterocycles. The Bertz CT molecular complexity index is 1090. The second-order valence-electron chi connectivity index (χ2n) is 7.48. The number of hydrogen-bond acceptors (Lipinski definition) is 6. The molecule has 0 saturated carbocycles. The number of aromatic nitrogens is 3. The van der Waals surface area contributed by atoms with Gasteiger partial charge in [-0.3, -0.25) is 4.90 Å². The average Bonchev–Trinajstić information content (AvgIpc) is 3.41. The summed E-state index contributed by atoms with van der Waals surface area (Å²) in [4.78, 5) is 7.25. The second kappa shape index (κ2) is 7.65. The van der Waals surface area contributed by atoms with E-state index >= 15 is 0 Å². The number of thiazole rings is 1. The second-order valence-corrected chi connectivity index (χ2v) is 8.54. The molecule has 0 unspecified atom stereocenters. The van der Waals surface area contributed by atoms with Crippen LogP contribution in [0, 0.1) is 5.82 Å². The van der Waals surface area contributed by atoms with Crippen LogP contribution in [0.4, 0.5) is 4.39 Å². The van der Waals surface area contributed by atoms with Crippen molar-refractivity contribution < 1.29 is 8.81 Å². The maximum Gasteiger partial charge on any atom is 0.247 e. The zero-order valence-corrected chi connectivity index (χ0v) is 16.9. The first-order valence-electron chi connectivity index (χ1n) is 9.86. The van der Waals surface area contributed by atoms with E-state index in [1.54, 1.807) is 23.5 Å². The summed E-state index contributed by atoms with van der Waals surface area (Å²) >= 11 is 1.80. The van der Waals surface area contributed by atoms with E-state index in [4.69, 9.17) is 9.40 Å². The molecule has 2 atom stereocenters. The Morgan fingerprint density at radius 1 is 1.14 bits per heavy atom. The Kier molecular flexibility index (Phi) is 4.85. The largest absolute Gasteiger partial charge is 0.419 e. The summed E-state index contributed by atoms with van der Waals surface area (Å²) in [5.41, 5.74) is 1.81. The van der Waals surface area contributed by atoms with Gasteiger partial charge in [-0.2, -0.15) is 0 Å². The van der Waals surface area contributed by atoms with E-state index in [1.807, 2.05) is 6.07 Å². The molecule has 0 radical (unpaired) electrons. The molecule has 2 aromatic heterocycles. The number of rotatable bonds is 4. The van der Waals surface area contributed by atoms with Crippen LogP contribution in [0.3, 0.4) is 0 Å². The SMILES string of the molecule is C[C@H](c1nnc(-c2ccc(F)cc2)o1)N1CCC[C@H](c2nc3ccccc3s2)C1. The molecular formula is C22H21FN4OS. The zero-order chi connectivity index (χ0) is 19.8. The molecule has 7 heteroatoms. The van der Waals surface area contributed by atoms with Gasteiger partial charge >= 0.3 is 0 Å². The van der Waals surface area contributed by atoms with Crippen molar-refractivity contribution in [1.82, 2.24) is 20.1 Å². The molecule has 3 heterocycles. The number of likely N-dealkylation sites (tertiary alicyclic amines) is 1. The van der Waals surface area contributed by atoms with E-state index in [9.17, 15) is 4.39 Å². The first-order chi connectivity index (χ1) is 14.2. The Hall–Kier alpha value is -2.64. The van der Waals surface area contributed by atoms with Gasteiger partial charge in [0.2, 0.25) is 11.8 Å². The van der Waals surface area contributed by atoms with Crippen LogP contribution in [0.5, 0.6) is 0 Å². The smallest absolute Gasteiger partial charge is 0.247 e. The highest BCUT2D eigenvalue weighted by atomic mass is 32.1. The number of nitrogens with zero attached hydrogens (tertiary/aromatic N) is 4. The maximum absolute atomic E-state index is 13.1. The zero-order valence-electron chi connectivity index (χ0n) is 16.1. The third-order valence-corrected chi connectivity index (χ3v) is 6.75. The highest BCUT2D eigenvalue weighted by molar-refractivity contribution is 7.18. The third-order valence-electron chi connectivity index (χ3n) is 5.55. The van der Waals surface area contributed by atoms with Crippen LogP contribution >= 0.6 is 11.3 Å². The molecule has 1 saturated heterocycles. The Morgan fingerprint density at radius 2 is 1.97 bits per heavy atom. The first-order valence-corrected chi connectivity index (χ1v) is 10.7. The summed E-state index contributed by atoms with van der Waals surface area (Å²) in [6.07, 6.45) is 2.26. The molecule has 0 amide bonds. The van der Waals surface area contributed by atoms with Crippen LogP contribution in [-0.4, -0.2) is 33.2 Å². The molecule has 5 nitrogen and oxygen atoms in total. The monoisotopic (exact) mass is 408 g/mol. The van der Waals surface area contributed by atoms with Crippen LogP contribution in [0.15, 0.2) is 52.9 Å². The van der Waals surface area contributed by atoms with E-state index < -0.39 is 0 Å². The fraction of sp³-hybridized carbons (Fsp3) is 0.318. The molecule has 2 aromatic carbocycles. The molecule has 1 aliphatic rings. The van der Waals surface area contributed by atoms with Crippen molar-refractivity contribution in [2.75, 3.05) is 13.1 Å². The Morgan fingerprint density at radius 3 is 2.79 bits per heavy atom. The minimum absolute atomic E-state index is 0.0221. The molecule has 0 aliphatic carbocycles. The average molecular weight is 409 g/mol. The summed E-state index contributed by atoms with van der Waals surface area (Å²) in [7, 11) is 0. The summed E-state index contributed by atoms with van der Waals surface area (Å²) in [5.74, 6) is 1.15. The summed E-state index contributed by atoms with van der Waals surface area (Å²) in [6.45, 7) is 4.02. The Labute approximate surface area is 172 Å². The molecule has 5 rings (SSSR count). The van der Waals surface area contributed by atoms with Crippen LogP contribution < -0.4 is 0 Å². The van der Waals surface area contributed by atoms with Crippen molar-refractivity contribution in [2.24, 2.45) is 0 Å². The molecule has 4 aromatic rings. The van der Waals surface area contributed by atoms with Gasteiger partial charge in [-0.15, -0.1) is 21.5 Å². The predicted octanol–water partition coefficient (Wildman–Crippen LogP) is 5.43. The lowest BCUT2D eigenvalue weighted by atomic mass is 9.97. The molecule has 1 fully saturated rings. The number of benzene rings is 2. The summed E-state index contributed by atoms with van der Waals surface area (Å²) in [5, 5.41) is 9.63. The van der Waals surface area contributed by atoms with Crippen LogP contribution in [0.1, 0.15) is 42.6 Å². The van der Waals surface area contributed by atoms with Gasteiger partial charge in [0.15, 0.2) is 0 Å². The van der Waals surface area contributed by atoms with E-state index in [0.29, 0.717) is 17.7 Å². The van der Waals surface area contributed by atoms with Crippen molar-refractivity contribution >= 4 is 21.6 Å². The van der Waals surface area contributed by atoms with Gasteiger partial charge in [0, 0.05) is 18.0 Å². The number of hydrogen-bond donors (Lipinski definition) is 0. The highest BCUT2D eigenvalue weighted by Gasteiger charge is 2.29. The normalized spacial score (nSPS) is 18.9. The van der Waals surface area contributed by atoms with Crippen LogP contribution in [0.2, 0.25) is 0 Å². The maximum atomic E-state index is 13.1. The minimum atomic E-state index is -0.281. The quantitative estimate of drug-likeness (QED) is 0.451. The van der Waals surface area contributed by atoms with Crippen molar-refractivity contribution in [3.63, 3.8) is 0 Å². The van der Waals surface area contributed by atoms with Gasteiger partial charge in [-0.1, -0.05) is 12.1 Å². The highest BCUT2D eigenvalue weighted by Crippen LogP contribution is 2.35. The number of halogens is 1. The van der Waals surface area contributed by atoms with Gasteiger partial charge in [0.1, 0.15) is 5.82 Å². The third kappa shape index (κ3) is 3.68. The van der Waals surface area contributed by atoms with Crippen molar-refractivity contribution in [3.05, 3.63) is 65.2 Å². The summed E-state index contributed by atoms with van der Waals surface area (Å²) < 4.78 is 20.3. The van der Waals surface area contributed by atoms with Crippen LogP contribution in [-0.2, 0) is 0 Å². The minimum Gasteiger partial charge on any atom is -0.419 e. The summed E-state index contributed by atoms with van der Waals surface area (Å²) in [6, 6.07) is 14.4. The number of piperidine rings is 1. The van der Waals surface area contributed by atoms with Gasteiger partial charge < -0.3 is 4.42 Å². The van der Waals surface area contributed by atoms with E-state index in [1.165, 1.54) is 21.8 Å². The number of fused-ring (bicyclic) bond motifs is 1. The first kappa shape index (κ1) is 18.4. The molecule has 0 bridgehead atoms. The molecule has 148 valence electrons. The number of para-hydroxylation sites is 1. The van der Waals surface area contributed by atoms with E-state index in [2.05, 4.69) is 40.2 Å².